The van der Waals surface area contributed by atoms with Gasteiger partial charge in [0.2, 0.25) is 5.91 Å². The van der Waals surface area contributed by atoms with Gasteiger partial charge in [-0.05, 0) is 43.9 Å². The van der Waals surface area contributed by atoms with Crippen LogP contribution < -0.4 is 10.6 Å². The van der Waals surface area contributed by atoms with Crippen LogP contribution in [-0.4, -0.2) is 36.5 Å². The lowest BCUT2D eigenvalue weighted by Gasteiger charge is -2.20. The molecular formula is C15H23N3O3. The molecule has 0 aromatic carbocycles. The summed E-state index contributed by atoms with van der Waals surface area (Å²) in [6.07, 6.45) is 5.06. The fourth-order valence-electron chi connectivity index (χ4n) is 2.21. The van der Waals surface area contributed by atoms with Gasteiger partial charge in [0, 0.05) is 6.54 Å². The number of urea groups is 1. The molecule has 1 aliphatic carbocycles. The van der Waals surface area contributed by atoms with E-state index in [1.807, 2.05) is 0 Å². The normalized spacial score (nSPS) is 14.2. The van der Waals surface area contributed by atoms with Gasteiger partial charge in [-0.2, -0.15) is 0 Å². The summed E-state index contributed by atoms with van der Waals surface area (Å²) >= 11 is 0. The predicted molar refractivity (Wildman–Crippen MR) is 78.5 cm³/mol. The van der Waals surface area contributed by atoms with Crippen molar-refractivity contribution in [1.29, 1.82) is 0 Å². The highest BCUT2D eigenvalue weighted by atomic mass is 16.3. The standard InChI is InChI=1S/C15H23N3O3/c1-2-7-18(10-12-5-6-12)11-14(19)17-15(20)16-9-13-4-3-8-21-13/h3-4,8,12H,2,5-7,9-11H2,1H3,(H2,16,17,19,20). The van der Waals surface area contributed by atoms with Crippen LogP contribution in [0, 0.1) is 5.92 Å². The first-order chi connectivity index (χ1) is 10.2. The van der Waals surface area contributed by atoms with Crippen molar-refractivity contribution < 1.29 is 14.0 Å². The third-order valence-electron chi connectivity index (χ3n) is 3.38. The van der Waals surface area contributed by atoms with E-state index in [0.29, 0.717) is 5.76 Å². The molecule has 0 spiro atoms. The monoisotopic (exact) mass is 293 g/mol. The van der Waals surface area contributed by atoms with Crippen LogP contribution in [0.2, 0.25) is 0 Å². The Kier molecular flexibility index (Phi) is 5.80. The lowest BCUT2D eigenvalue weighted by molar-refractivity contribution is -0.121. The average molecular weight is 293 g/mol. The van der Waals surface area contributed by atoms with Crippen molar-refractivity contribution >= 4 is 11.9 Å². The number of hydrogen-bond donors (Lipinski definition) is 2. The van der Waals surface area contributed by atoms with Gasteiger partial charge in [-0.3, -0.25) is 15.0 Å². The topological polar surface area (TPSA) is 74.6 Å². The Balaban J connectivity index is 1.67. The summed E-state index contributed by atoms with van der Waals surface area (Å²) in [6, 6.07) is 3.03. The average Bonchev–Trinajstić information content (AvgIpc) is 3.09. The van der Waals surface area contributed by atoms with E-state index in [1.54, 1.807) is 18.4 Å². The number of furan rings is 1. The minimum atomic E-state index is -0.487. The van der Waals surface area contributed by atoms with E-state index in [2.05, 4.69) is 22.5 Å². The van der Waals surface area contributed by atoms with Gasteiger partial charge < -0.3 is 9.73 Å². The number of nitrogens with one attached hydrogen (secondary N) is 2. The zero-order chi connectivity index (χ0) is 15.1. The van der Waals surface area contributed by atoms with E-state index in [-0.39, 0.29) is 19.0 Å². The van der Waals surface area contributed by atoms with Gasteiger partial charge in [0.15, 0.2) is 0 Å². The number of carbonyl (C=O) groups is 2. The summed E-state index contributed by atoms with van der Waals surface area (Å²) < 4.78 is 5.10. The number of carbonyl (C=O) groups excluding carboxylic acids is 2. The zero-order valence-corrected chi connectivity index (χ0v) is 12.4. The Labute approximate surface area is 124 Å². The SMILES string of the molecule is CCCN(CC(=O)NC(=O)NCc1ccco1)CC1CC1. The minimum absolute atomic E-state index is 0.263. The molecule has 0 bridgehead atoms. The maximum atomic E-state index is 11.9. The quantitative estimate of drug-likeness (QED) is 0.765. The van der Waals surface area contributed by atoms with Gasteiger partial charge in [0.1, 0.15) is 5.76 Å². The van der Waals surface area contributed by atoms with Crippen LogP contribution in [-0.2, 0) is 11.3 Å². The van der Waals surface area contributed by atoms with Crippen LogP contribution in [0.5, 0.6) is 0 Å². The van der Waals surface area contributed by atoms with Gasteiger partial charge in [-0.1, -0.05) is 6.92 Å². The molecule has 6 nitrogen and oxygen atoms in total. The van der Waals surface area contributed by atoms with E-state index < -0.39 is 6.03 Å². The fraction of sp³-hybridized carbons (Fsp3) is 0.600. The molecule has 116 valence electrons. The molecule has 1 aromatic heterocycles. The van der Waals surface area contributed by atoms with E-state index in [4.69, 9.17) is 4.42 Å². The van der Waals surface area contributed by atoms with Crippen molar-refractivity contribution in [2.24, 2.45) is 5.92 Å². The molecule has 6 heteroatoms. The Morgan fingerprint density at radius 1 is 1.43 bits per heavy atom. The summed E-state index contributed by atoms with van der Waals surface area (Å²) in [4.78, 5) is 25.6. The Morgan fingerprint density at radius 3 is 2.86 bits per heavy atom. The predicted octanol–water partition coefficient (Wildman–Crippen LogP) is 1.73. The van der Waals surface area contributed by atoms with E-state index >= 15 is 0 Å². The Morgan fingerprint density at radius 2 is 2.24 bits per heavy atom. The van der Waals surface area contributed by atoms with Gasteiger partial charge in [-0.15, -0.1) is 0 Å². The van der Waals surface area contributed by atoms with Crippen LogP contribution in [0.15, 0.2) is 22.8 Å². The molecule has 1 saturated carbocycles. The molecule has 1 aromatic rings. The molecule has 0 atom stereocenters. The fourth-order valence-corrected chi connectivity index (χ4v) is 2.21. The van der Waals surface area contributed by atoms with Gasteiger partial charge in [0.05, 0.1) is 19.4 Å². The third kappa shape index (κ3) is 5.99. The summed E-state index contributed by atoms with van der Waals surface area (Å²) in [7, 11) is 0. The van der Waals surface area contributed by atoms with Crippen molar-refractivity contribution in [2.75, 3.05) is 19.6 Å². The van der Waals surface area contributed by atoms with Crippen molar-refractivity contribution in [3.05, 3.63) is 24.2 Å². The number of nitrogens with zero attached hydrogens (tertiary/aromatic N) is 1. The Bertz CT molecular complexity index is 455. The maximum absolute atomic E-state index is 11.9. The zero-order valence-electron chi connectivity index (χ0n) is 12.4. The van der Waals surface area contributed by atoms with Crippen LogP contribution in [0.4, 0.5) is 4.79 Å². The highest BCUT2D eigenvalue weighted by molar-refractivity contribution is 5.95. The van der Waals surface area contributed by atoms with E-state index in [1.165, 1.54) is 12.8 Å². The van der Waals surface area contributed by atoms with Gasteiger partial charge in [-0.25, -0.2) is 4.79 Å². The molecule has 0 unspecified atom stereocenters. The molecule has 0 radical (unpaired) electrons. The molecule has 1 aliphatic rings. The third-order valence-corrected chi connectivity index (χ3v) is 3.38. The number of hydrogen-bond acceptors (Lipinski definition) is 4. The van der Waals surface area contributed by atoms with Crippen molar-refractivity contribution in [3.63, 3.8) is 0 Å². The second-order valence-corrected chi connectivity index (χ2v) is 5.49. The van der Waals surface area contributed by atoms with Crippen LogP contribution >= 0.6 is 0 Å². The number of imide groups is 1. The molecule has 0 saturated heterocycles. The largest absolute Gasteiger partial charge is 0.467 e. The second-order valence-electron chi connectivity index (χ2n) is 5.49. The molecule has 21 heavy (non-hydrogen) atoms. The minimum Gasteiger partial charge on any atom is -0.467 e. The lowest BCUT2D eigenvalue weighted by atomic mass is 10.3. The van der Waals surface area contributed by atoms with E-state index in [0.717, 1.165) is 25.4 Å². The number of rotatable bonds is 8. The molecular weight excluding hydrogens is 270 g/mol. The summed E-state index contributed by atoms with van der Waals surface area (Å²) in [5.74, 6) is 1.12. The van der Waals surface area contributed by atoms with Crippen molar-refractivity contribution in [1.82, 2.24) is 15.5 Å². The first kappa shape index (κ1) is 15.6. The second kappa shape index (κ2) is 7.83. The maximum Gasteiger partial charge on any atom is 0.321 e. The molecule has 3 amide bonds. The summed E-state index contributed by atoms with van der Waals surface area (Å²) in [5.41, 5.74) is 0. The summed E-state index contributed by atoms with van der Waals surface area (Å²) in [6.45, 7) is 4.48. The first-order valence-corrected chi connectivity index (χ1v) is 7.49. The van der Waals surface area contributed by atoms with E-state index in [9.17, 15) is 9.59 Å². The molecule has 2 N–H and O–H groups in total. The molecule has 1 fully saturated rings. The van der Waals surface area contributed by atoms with Crippen molar-refractivity contribution in [3.8, 4) is 0 Å². The first-order valence-electron chi connectivity index (χ1n) is 7.49. The smallest absolute Gasteiger partial charge is 0.321 e. The number of amides is 3. The molecule has 2 rings (SSSR count). The van der Waals surface area contributed by atoms with Gasteiger partial charge >= 0.3 is 6.03 Å². The summed E-state index contributed by atoms with van der Waals surface area (Å²) in [5, 5.41) is 4.94. The Hall–Kier alpha value is -1.82. The van der Waals surface area contributed by atoms with Crippen LogP contribution in [0.3, 0.4) is 0 Å². The highest BCUT2D eigenvalue weighted by Crippen LogP contribution is 2.29. The van der Waals surface area contributed by atoms with Crippen molar-refractivity contribution in [2.45, 2.75) is 32.7 Å². The lowest BCUT2D eigenvalue weighted by Crippen LogP contribution is -2.44. The highest BCUT2D eigenvalue weighted by Gasteiger charge is 2.25. The molecule has 0 aliphatic heterocycles. The van der Waals surface area contributed by atoms with Crippen LogP contribution in [0.1, 0.15) is 31.9 Å². The van der Waals surface area contributed by atoms with Crippen LogP contribution in [0.25, 0.3) is 0 Å². The molecule has 1 heterocycles. The van der Waals surface area contributed by atoms with Gasteiger partial charge in [0.25, 0.3) is 0 Å².